The van der Waals surface area contributed by atoms with Crippen molar-refractivity contribution in [2.75, 3.05) is 26.2 Å². The molecular weight excluding hydrogens is 224 g/mol. The highest BCUT2D eigenvalue weighted by Gasteiger charge is 2.33. The van der Waals surface area contributed by atoms with Gasteiger partial charge in [-0.2, -0.15) is 0 Å². The number of rotatable bonds is 3. The Hall–Kier alpha value is -0.570. The summed E-state index contributed by atoms with van der Waals surface area (Å²) in [4.78, 5) is 14.2. The van der Waals surface area contributed by atoms with Gasteiger partial charge in [0.2, 0.25) is 5.91 Å². The fourth-order valence-electron chi connectivity index (χ4n) is 3.41. The van der Waals surface area contributed by atoms with Crippen LogP contribution < -0.4 is 5.32 Å². The molecule has 0 saturated carbocycles. The number of carbonyl (C=O) groups excluding carboxylic acids is 1. The first-order valence-electron chi connectivity index (χ1n) is 7.42. The molecule has 2 aliphatic rings. The summed E-state index contributed by atoms with van der Waals surface area (Å²) in [5.41, 5.74) is 0.343. The molecule has 0 aromatic carbocycles. The summed E-state index contributed by atoms with van der Waals surface area (Å²) >= 11 is 0. The first-order chi connectivity index (χ1) is 8.44. The zero-order chi connectivity index (χ0) is 13.2. The van der Waals surface area contributed by atoms with Crippen molar-refractivity contribution in [2.45, 2.75) is 46.5 Å². The second-order valence-corrected chi connectivity index (χ2v) is 7.33. The highest BCUT2D eigenvalue weighted by molar-refractivity contribution is 5.78. The molecule has 2 heterocycles. The average Bonchev–Trinajstić information content (AvgIpc) is 2.58. The van der Waals surface area contributed by atoms with Crippen molar-refractivity contribution in [3.8, 4) is 0 Å². The van der Waals surface area contributed by atoms with Crippen LogP contribution in [0, 0.1) is 17.3 Å². The van der Waals surface area contributed by atoms with E-state index in [4.69, 9.17) is 0 Å². The molecule has 1 atom stereocenters. The lowest BCUT2D eigenvalue weighted by molar-refractivity contribution is -0.128. The standard InChI is InChI=1S/C15H28N2O/c1-15(2,3)9-13-8-14(18)17(11-13)10-12-4-6-16-7-5-12/h12-13,16H,4-11H2,1-3H3/t13-/m0/s1. The quantitative estimate of drug-likeness (QED) is 0.835. The number of nitrogens with zero attached hydrogens (tertiary/aromatic N) is 1. The Bertz CT molecular complexity index is 289. The maximum atomic E-state index is 12.1. The first-order valence-corrected chi connectivity index (χ1v) is 7.42. The Morgan fingerprint density at radius 1 is 1.22 bits per heavy atom. The van der Waals surface area contributed by atoms with Gasteiger partial charge in [-0.3, -0.25) is 4.79 Å². The minimum Gasteiger partial charge on any atom is -0.342 e. The van der Waals surface area contributed by atoms with Gasteiger partial charge >= 0.3 is 0 Å². The number of carbonyl (C=O) groups is 1. The van der Waals surface area contributed by atoms with Gasteiger partial charge in [0, 0.05) is 19.5 Å². The Kier molecular flexibility index (Phi) is 4.31. The van der Waals surface area contributed by atoms with Crippen LogP contribution in [-0.4, -0.2) is 37.0 Å². The van der Waals surface area contributed by atoms with Gasteiger partial charge in [-0.15, -0.1) is 0 Å². The molecule has 2 aliphatic heterocycles. The molecule has 18 heavy (non-hydrogen) atoms. The minimum absolute atomic E-state index is 0.343. The van der Waals surface area contributed by atoms with Crippen LogP contribution >= 0.6 is 0 Å². The number of amides is 1. The van der Waals surface area contributed by atoms with Crippen molar-refractivity contribution in [1.82, 2.24) is 10.2 Å². The van der Waals surface area contributed by atoms with E-state index < -0.39 is 0 Å². The zero-order valence-corrected chi connectivity index (χ0v) is 12.2. The third kappa shape index (κ3) is 3.98. The van der Waals surface area contributed by atoms with Gasteiger partial charge in [-0.25, -0.2) is 0 Å². The van der Waals surface area contributed by atoms with Crippen molar-refractivity contribution in [3.05, 3.63) is 0 Å². The van der Waals surface area contributed by atoms with Crippen LogP contribution in [0.15, 0.2) is 0 Å². The van der Waals surface area contributed by atoms with Crippen molar-refractivity contribution in [1.29, 1.82) is 0 Å². The average molecular weight is 252 g/mol. The summed E-state index contributed by atoms with van der Waals surface area (Å²) in [5.74, 6) is 1.70. The Morgan fingerprint density at radius 3 is 2.50 bits per heavy atom. The number of piperidine rings is 1. The smallest absolute Gasteiger partial charge is 0.222 e. The Morgan fingerprint density at radius 2 is 1.89 bits per heavy atom. The van der Waals surface area contributed by atoms with E-state index in [2.05, 4.69) is 31.0 Å². The van der Waals surface area contributed by atoms with E-state index >= 15 is 0 Å². The van der Waals surface area contributed by atoms with Gasteiger partial charge in [-0.05, 0) is 49.6 Å². The third-order valence-electron chi connectivity index (χ3n) is 4.13. The van der Waals surface area contributed by atoms with Crippen LogP contribution in [0.5, 0.6) is 0 Å². The van der Waals surface area contributed by atoms with Crippen LogP contribution in [0.1, 0.15) is 46.5 Å². The molecule has 0 aliphatic carbocycles. The largest absolute Gasteiger partial charge is 0.342 e. The molecule has 2 saturated heterocycles. The molecule has 0 aromatic heterocycles. The molecule has 3 heteroatoms. The lowest BCUT2D eigenvalue weighted by Gasteiger charge is -2.28. The second kappa shape index (κ2) is 5.60. The second-order valence-electron chi connectivity index (χ2n) is 7.33. The molecule has 0 unspecified atom stereocenters. The maximum Gasteiger partial charge on any atom is 0.222 e. The predicted octanol–water partition coefficient (Wildman–Crippen LogP) is 2.27. The third-order valence-corrected chi connectivity index (χ3v) is 4.13. The minimum atomic E-state index is 0.343. The molecule has 0 bridgehead atoms. The Balaban J connectivity index is 1.81. The molecular formula is C15H28N2O. The van der Waals surface area contributed by atoms with Crippen LogP contribution in [0.2, 0.25) is 0 Å². The number of hydrogen-bond acceptors (Lipinski definition) is 2. The number of nitrogens with one attached hydrogen (secondary N) is 1. The first kappa shape index (κ1) is 13.9. The van der Waals surface area contributed by atoms with Crippen LogP contribution in [0.25, 0.3) is 0 Å². The highest BCUT2D eigenvalue weighted by atomic mass is 16.2. The summed E-state index contributed by atoms with van der Waals surface area (Å²) in [6, 6.07) is 0. The van der Waals surface area contributed by atoms with Crippen LogP contribution in [-0.2, 0) is 4.79 Å². The van der Waals surface area contributed by atoms with Crippen molar-refractivity contribution in [2.24, 2.45) is 17.3 Å². The van der Waals surface area contributed by atoms with Crippen LogP contribution in [0.4, 0.5) is 0 Å². The maximum absolute atomic E-state index is 12.1. The lowest BCUT2D eigenvalue weighted by Crippen LogP contribution is -2.37. The molecule has 104 valence electrons. The van der Waals surface area contributed by atoms with Gasteiger partial charge in [0.05, 0.1) is 0 Å². The molecule has 2 rings (SSSR count). The molecule has 1 N–H and O–H groups in total. The van der Waals surface area contributed by atoms with Crippen LogP contribution in [0.3, 0.4) is 0 Å². The van der Waals surface area contributed by atoms with E-state index in [0.717, 1.165) is 38.5 Å². The van der Waals surface area contributed by atoms with E-state index in [0.29, 0.717) is 17.2 Å². The topological polar surface area (TPSA) is 32.3 Å². The molecule has 3 nitrogen and oxygen atoms in total. The summed E-state index contributed by atoms with van der Waals surface area (Å²) < 4.78 is 0. The SMILES string of the molecule is CC(C)(C)C[C@@H]1CC(=O)N(CC2CCNCC2)C1. The molecule has 2 fully saturated rings. The van der Waals surface area contributed by atoms with Gasteiger partial charge in [-0.1, -0.05) is 20.8 Å². The fraction of sp³-hybridized carbons (Fsp3) is 0.933. The predicted molar refractivity (Wildman–Crippen MR) is 74.4 cm³/mol. The van der Waals surface area contributed by atoms with Crippen molar-refractivity contribution < 1.29 is 4.79 Å². The van der Waals surface area contributed by atoms with Gasteiger partial charge in [0.25, 0.3) is 0 Å². The molecule has 0 aromatic rings. The zero-order valence-electron chi connectivity index (χ0n) is 12.2. The van der Waals surface area contributed by atoms with Crippen molar-refractivity contribution in [3.63, 3.8) is 0 Å². The summed E-state index contributed by atoms with van der Waals surface area (Å²) in [7, 11) is 0. The van der Waals surface area contributed by atoms with Gasteiger partial charge in [0.1, 0.15) is 0 Å². The Labute approximate surface area is 111 Å². The van der Waals surface area contributed by atoms with E-state index in [1.807, 2.05) is 0 Å². The van der Waals surface area contributed by atoms with E-state index in [9.17, 15) is 4.79 Å². The molecule has 1 amide bonds. The van der Waals surface area contributed by atoms with Gasteiger partial charge in [0.15, 0.2) is 0 Å². The van der Waals surface area contributed by atoms with E-state index in [1.165, 1.54) is 19.3 Å². The normalized spacial score (nSPS) is 26.9. The van der Waals surface area contributed by atoms with Crippen molar-refractivity contribution >= 4 is 5.91 Å². The van der Waals surface area contributed by atoms with Gasteiger partial charge < -0.3 is 10.2 Å². The number of likely N-dealkylation sites (tertiary alicyclic amines) is 1. The summed E-state index contributed by atoms with van der Waals surface area (Å²) in [5, 5.41) is 3.39. The van der Waals surface area contributed by atoms with E-state index in [-0.39, 0.29) is 0 Å². The highest BCUT2D eigenvalue weighted by Crippen LogP contribution is 2.31. The monoisotopic (exact) mass is 252 g/mol. The number of hydrogen-bond donors (Lipinski definition) is 1. The van der Waals surface area contributed by atoms with E-state index in [1.54, 1.807) is 0 Å². The summed E-state index contributed by atoms with van der Waals surface area (Å²) in [6.07, 6.45) is 4.41. The molecule has 0 spiro atoms. The molecule has 0 radical (unpaired) electrons. The lowest BCUT2D eigenvalue weighted by atomic mass is 9.84. The summed E-state index contributed by atoms with van der Waals surface area (Å²) in [6.45, 7) is 11.1. The fourth-order valence-corrected chi connectivity index (χ4v) is 3.41.